The summed E-state index contributed by atoms with van der Waals surface area (Å²) in [5.74, 6) is 1.58. The second kappa shape index (κ2) is 6.53. The average molecular weight is 287 g/mol. The predicted molar refractivity (Wildman–Crippen MR) is 66.7 cm³/mol. The highest BCUT2D eigenvalue weighted by Crippen LogP contribution is 2.25. The second-order valence-corrected chi connectivity index (χ2v) is 3.82. The van der Waals surface area contributed by atoms with Crippen LogP contribution in [0.3, 0.4) is 0 Å². The van der Waals surface area contributed by atoms with Crippen molar-refractivity contribution >= 4 is 21.7 Å². The molecule has 0 aromatic heterocycles. The molecule has 0 bridgehead atoms. The summed E-state index contributed by atoms with van der Waals surface area (Å²) in [6.45, 7) is 2.48. The van der Waals surface area contributed by atoms with Gasteiger partial charge in [0.1, 0.15) is 17.3 Å². The number of carbonyl (C=O) groups excluding carboxylic acids is 1. The largest absolute Gasteiger partial charge is 0.497 e. The van der Waals surface area contributed by atoms with Crippen molar-refractivity contribution in [2.75, 3.05) is 19.0 Å². The number of Topliss-reactive ketones (excluding diaryl/α,β-unsaturated/α-hetero) is 1. The fourth-order valence-electron chi connectivity index (χ4n) is 1.36. The molecule has 0 heterocycles. The van der Waals surface area contributed by atoms with Gasteiger partial charge in [-0.1, -0.05) is 22.0 Å². The number of benzene rings is 1. The first-order chi connectivity index (χ1) is 7.71. The summed E-state index contributed by atoms with van der Waals surface area (Å²) >= 11 is 3.15. The molecule has 0 unspecified atom stereocenters. The lowest BCUT2D eigenvalue weighted by molar-refractivity contribution is -0.115. The summed E-state index contributed by atoms with van der Waals surface area (Å²) in [6, 6.07) is 5.50. The zero-order valence-electron chi connectivity index (χ0n) is 9.46. The standard InChI is InChI=1S/C12H15BrO3/c1-3-16-12-7-11(15-2)5-4-9(12)6-10(14)8-13/h4-5,7H,3,6,8H2,1-2H3. The first kappa shape index (κ1) is 13.0. The highest BCUT2D eigenvalue weighted by atomic mass is 79.9. The van der Waals surface area contributed by atoms with Gasteiger partial charge >= 0.3 is 0 Å². The van der Waals surface area contributed by atoms with E-state index in [9.17, 15) is 4.79 Å². The SMILES string of the molecule is CCOc1cc(OC)ccc1CC(=O)CBr. The Bertz CT molecular complexity index is 363. The number of rotatable bonds is 6. The fraction of sp³-hybridized carbons (Fsp3) is 0.417. The zero-order valence-corrected chi connectivity index (χ0v) is 11.0. The lowest BCUT2D eigenvalue weighted by Gasteiger charge is -2.10. The third-order valence-electron chi connectivity index (χ3n) is 2.11. The molecule has 4 heteroatoms. The predicted octanol–water partition coefficient (Wildman–Crippen LogP) is 2.60. The van der Waals surface area contributed by atoms with E-state index in [0.29, 0.717) is 18.4 Å². The molecule has 0 aliphatic rings. The number of alkyl halides is 1. The summed E-state index contributed by atoms with van der Waals surface area (Å²) in [4.78, 5) is 11.4. The number of ketones is 1. The minimum Gasteiger partial charge on any atom is -0.497 e. The van der Waals surface area contributed by atoms with Crippen LogP contribution in [0.5, 0.6) is 11.5 Å². The van der Waals surface area contributed by atoms with E-state index in [-0.39, 0.29) is 5.78 Å². The molecule has 0 saturated heterocycles. The minimum absolute atomic E-state index is 0.131. The van der Waals surface area contributed by atoms with E-state index in [1.165, 1.54) is 0 Å². The van der Waals surface area contributed by atoms with Crippen LogP contribution >= 0.6 is 15.9 Å². The molecule has 0 saturated carbocycles. The average Bonchev–Trinajstić information content (AvgIpc) is 2.31. The van der Waals surface area contributed by atoms with Crippen molar-refractivity contribution in [3.8, 4) is 11.5 Å². The first-order valence-corrected chi connectivity index (χ1v) is 6.20. The minimum atomic E-state index is 0.131. The fourth-order valence-corrected chi connectivity index (χ4v) is 1.56. The van der Waals surface area contributed by atoms with E-state index in [1.807, 2.05) is 19.1 Å². The van der Waals surface area contributed by atoms with Crippen LogP contribution < -0.4 is 9.47 Å². The number of hydrogen-bond donors (Lipinski definition) is 0. The van der Waals surface area contributed by atoms with Crippen molar-refractivity contribution in [2.24, 2.45) is 0 Å². The van der Waals surface area contributed by atoms with Gasteiger partial charge in [0, 0.05) is 18.1 Å². The van der Waals surface area contributed by atoms with Crippen LogP contribution in [0.2, 0.25) is 0 Å². The van der Waals surface area contributed by atoms with Crippen molar-refractivity contribution in [3.05, 3.63) is 23.8 Å². The molecule has 1 aromatic carbocycles. The summed E-state index contributed by atoms with van der Waals surface area (Å²) in [7, 11) is 1.61. The van der Waals surface area contributed by atoms with Crippen LogP contribution in [0.1, 0.15) is 12.5 Å². The highest BCUT2D eigenvalue weighted by Gasteiger charge is 2.09. The van der Waals surface area contributed by atoms with Gasteiger partial charge in [0.2, 0.25) is 0 Å². The molecule has 0 fully saturated rings. The molecule has 0 spiro atoms. The van der Waals surface area contributed by atoms with Crippen LogP contribution in [0.15, 0.2) is 18.2 Å². The molecular weight excluding hydrogens is 272 g/mol. The smallest absolute Gasteiger partial charge is 0.147 e. The van der Waals surface area contributed by atoms with E-state index in [2.05, 4.69) is 15.9 Å². The molecule has 0 aliphatic heterocycles. The van der Waals surface area contributed by atoms with Crippen molar-refractivity contribution < 1.29 is 14.3 Å². The molecule has 0 atom stereocenters. The van der Waals surface area contributed by atoms with Crippen molar-refractivity contribution in [1.82, 2.24) is 0 Å². The number of carbonyl (C=O) groups is 1. The van der Waals surface area contributed by atoms with Gasteiger partial charge in [0.05, 0.1) is 19.0 Å². The van der Waals surface area contributed by atoms with E-state index in [0.717, 1.165) is 17.1 Å². The maximum absolute atomic E-state index is 11.4. The molecular formula is C12H15BrO3. The molecule has 1 aromatic rings. The number of hydrogen-bond acceptors (Lipinski definition) is 3. The second-order valence-electron chi connectivity index (χ2n) is 3.26. The van der Waals surface area contributed by atoms with E-state index < -0.39 is 0 Å². The van der Waals surface area contributed by atoms with Gasteiger partial charge in [-0.2, -0.15) is 0 Å². The number of methoxy groups -OCH3 is 1. The van der Waals surface area contributed by atoms with Crippen LogP contribution in [0.25, 0.3) is 0 Å². The molecule has 0 amide bonds. The third-order valence-corrected chi connectivity index (χ3v) is 2.74. The number of halogens is 1. The molecule has 0 radical (unpaired) electrons. The van der Waals surface area contributed by atoms with E-state index >= 15 is 0 Å². The summed E-state index contributed by atoms with van der Waals surface area (Å²) in [5.41, 5.74) is 0.895. The Hall–Kier alpha value is -1.03. The zero-order chi connectivity index (χ0) is 12.0. The Kier molecular flexibility index (Phi) is 5.32. The van der Waals surface area contributed by atoms with Crippen LogP contribution in [-0.2, 0) is 11.2 Å². The number of ether oxygens (including phenoxy) is 2. The van der Waals surface area contributed by atoms with Gasteiger partial charge in [-0.05, 0) is 13.0 Å². The van der Waals surface area contributed by atoms with E-state index in [1.54, 1.807) is 13.2 Å². The summed E-state index contributed by atoms with van der Waals surface area (Å²) < 4.78 is 10.6. The van der Waals surface area contributed by atoms with Crippen molar-refractivity contribution in [3.63, 3.8) is 0 Å². The Morgan fingerprint density at radius 1 is 1.44 bits per heavy atom. The van der Waals surface area contributed by atoms with Crippen molar-refractivity contribution in [2.45, 2.75) is 13.3 Å². The van der Waals surface area contributed by atoms with Crippen LogP contribution in [-0.4, -0.2) is 24.8 Å². The molecule has 3 nitrogen and oxygen atoms in total. The van der Waals surface area contributed by atoms with Crippen molar-refractivity contribution in [1.29, 1.82) is 0 Å². The summed E-state index contributed by atoms with van der Waals surface area (Å²) in [5, 5.41) is 0.366. The molecule has 1 rings (SSSR count). The van der Waals surface area contributed by atoms with Gasteiger partial charge in [0.25, 0.3) is 0 Å². The molecule has 0 aliphatic carbocycles. The lowest BCUT2D eigenvalue weighted by atomic mass is 10.1. The first-order valence-electron chi connectivity index (χ1n) is 5.08. The Morgan fingerprint density at radius 2 is 2.19 bits per heavy atom. The lowest BCUT2D eigenvalue weighted by Crippen LogP contribution is -2.06. The van der Waals surface area contributed by atoms with Gasteiger partial charge in [0.15, 0.2) is 0 Å². The van der Waals surface area contributed by atoms with Gasteiger partial charge in [-0.15, -0.1) is 0 Å². The maximum Gasteiger partial charge on any atom is 0.147 e. The Morgan fingerprint density at radius 3 is 2.75 bits per heavy atom. The van der Waals surface area contributed by atoms with Crippen LogP contribution in [0, 0.1) is 0 Å². The summed E-state index contributed by atoms with van der Waals surface area (Å²) in [6.07, 6.45) is 0.380. The van der Waals surface area contributed by atoms with Gasteiger partial charge < -0.3 is 9.47 Å². The normalized spacial score (nSPS) is 9.94. The van der Waals surface area contributed by atoms with Crippen LogP contribution in [0.4, 0.5) is 0 Å². The molecule has 88 valence electrons. The topological polar surface area (TPSA) is 35.5 Å². The molecule has 0 N–H and O–H groups in total. The van der Waals surface area contributed by atoms with Gasteiger partial charge in [-0.3, -0.25) is 4.79 Å². The van der Waals surface area contributed by atoms with Gasteiger partial charge in [-0.25, -0.2) is 0 Å². The Labute approximate surface area is 104 Å². The Balaban J connectivity index is 2.93. The third kappa shape index (κ3) is 3.52. The highest BCUT2D eigenvalue weighted by molar-refractivity contribution is 9.09. The maximum atomic E-state index is 11.4. The monoisotopic (exact) mass is 286 g/mol. The quantitative estimate of drug-likeness (QED) is 0.754. The molecule has 16 heavy (non-hydrogen) atoms. The van der Waals surface area contributed by atoms with E-state index in [4.69, 9.17) is 9.47 Å².